The molecule has 0 radical (unpaired) electrons. The summed E-state index contributed by atoms with van der Waals surface area (Å²) in [6, 6.07) is 21.0. The first-order chi connectivity index (χ1) is 11.8. The summed E-state index contributed by atoms with van der Waals surface area (Å²) < 4.78 is 6.69. The smallest absolute Gasteiger partial charge is 0.261 e. The predicted molar refractivity (Wildman–Crippen MR) is 109 cm³/mol. The Hall–Kier alpha value is -1.68. The maximum absolute atomic E-state index is 10.5. The van der Waals surface area contributed by atoms with Crippen molar-refractivity contribution in [2.45, 2.75) is 38.8 Å². The van der Waals surface area contributed by atoms with Crippen molar-refractivity contribution in [2.75, 3.05) is 6.61 Å². The Balaban J connectivity index is 2.55. The zero-order valence-corrected chi connectivity index (χ0v) is 16.8. The Kier molecular flexibility index (Phi) is 6.39. The van der Waals surface area contributed by atoms with Crippen LogP contribution in [0.3, 0.4) is 0 Å². The lowest BCUT2D eigenvalue weighted by Crippen LogP contribution is -2.67. The van der Waals surface area contributed by atoms with Crippen molar-refractivity contribution in [1.82, 2.24) is 0 Å². The summed E-state index contributed by atoms with van der Waals surface area (Å²) in [7, 11) is -2.57. The number of hydrogen-bond donors (Lipinski definition) is 1. The van der Waals surface area contributed by atoms with E-state index in [1.807, 2.05) is 19.1 Å². The van der Waals surface area contributed by atoms with Gasteiger partial charge in [-0.15, -0.1) is 6.58 Å². The molecular weight excluding hydrogens is 324 g/mol. The third kappa shape index (κ3) is 4.11. The van der Waals surface area contributed by atoms with Crippen LogP contribution in [0.15, 0.2) is 73.3 Å². The summed E-state index contributed by atoms with van der Waals surface area (Å²) >= 11 is 0. The van der Waals surface area contributed by atoms with E-state index in [2.05, 4.69) is 75.9 Å². The Morgan fingerprint density at radius 2 is 1.44 bits per heavy atom. The molecule has 2 nitrogen and oxygen atoms in total. The first-order valence-electron chi connectivity index (χ1n) is 8.88. The first kappa shape index (κ1) is 19.6. The summed E-state index contributed by atoms with van der Waals surface area (Å²) in [5.41, 5.74) is 0. The highest BCUT2D eigenvalue weighted by molar-refractivity contribution is 6.99. The van der Waals surface area contributed by atoms with E-state index in [1.165, 1.54) is 10.4 Å². The van der Waals surface area contributed by atoms with E-state index in [0.29, 0.717) is 6.61 Å². The van der Waals surface area contributed by atoms with Crippen molar-refractivity contribution in [2.24, 2.45) is 5.92 Å². The summed E-state index contributed by atoms with van der Waals surface area (Å²) in [6.45, 7) is 12.8. The number of hydrogen-bond acceptors (Lipinski definition) is 2. The van der Waals surface area contributed by atoms with Gasteiger partial charge >= 0.3 is 0 Å². The van der Waals surface area contributed by atoms with Crippen LogP contribution in [0, 0.1) is 5.92 Å². The van der Waals surface area contributed by atoms with Gasteiger partial charge in [-0.1, -0.05) is 94.4 Å². The topological polar surface area (TPSA) is 29.5 Å². The van der Waals surface area contributed by atoms with Crippen LogP contribution in [0.2, 0.25) is 5.04 Å². The maximum Gasteiger partial charge on any atom is 0.261 e. The third-order valence-electron chi connectivity index (χ3n) is 4.87. The van der Waals surface area contributed by atoms with Gasteiger partial charge in [0.15, 0.2) is 0 Å². The van der Waals surface area contributed by atoms with Crippen molar-refractivity contribution in [3.05, 3.63) is 73.3 Å². The van der Waals surface area contributed by atoms with E-state index < -0.39 is 14.4 Å². The second kappa shape index (κ2) is 8.13. The highest BCUT2D eigenvalue weighted by Crippen LogP contribution is 2.36. The fraction of sp³-hybridized carbons (Fsp3) is 0.364. The second-order valence-corrected chi connectivity index (χ2v) is 11.9. The molecule has 0 saturated carbocycles. The van der Waals surface area contributed by atoms with Crippen LogP contribution >= 0.6 is 0 Å². The van der Waals surface area contributed by atoms with Gasteiger partial charge in [-0.2, -0.15) is 0 Å². The zero-order chi connectivity index (χ0) is 18.5. The molecular formula is C22H30O2Si. The number of rotatable bonds is 7. The number of aliphatic hydroxyl groups excluding tert-OH is 1. The molecule has 1 N–H and O–H groups in total. The van der Waals surface area contributed by atoms with Gasteiger partial charge in [0.2, 0.25) is 0 Å². The lowest BCUT2D eigenvalue weighted by atomic mass is 10.1. The van der Waals surface area contributed by atoms with Gasteiger partial charge < -0.3 is 9.53 Å². The molecule has 0 spiro atoms. The monoisotopic (exact) mass is 354 g/mol. The van der Waals surface area contributed by atoms with Crippen LogP contribution < -0.4 is 10.4 Å². The lowest BCUT2D eigenvalue weighted by molar-refractivity contribution is 0.0751. The summed E-state index contributed by atoms with van der Waals surface area (Å²) in [5.74, 6) is -0.00165. The molecule has 2 aromatic rings. The van der Waals surface area contributed by atoms with E-state index in [1.54, 1.807) is 6.08 Å². The fourth-order valence-corrected chi connectivity index (χ4v) is 7.86. The molecule has 0 heterocycles. The van der Waals surface area contributed by atoms with Gasteiger partial charge in [-0.25, -0.2) is 0 Å². The highest BCUT2D eigenvalue weighted by atomic mass is 28.4. The minimum absolute atomic E-state index is 0.00165. The van der Waals surface area contributed by atoms with Crippen LogP contribution in [0.1, 0.15) is 27.7 Å². The van der Waals surface area contributed by atoms with E-state index in [4.69, 9.17) is 4.43 Å². The van der Waals surface area contributed by atoms with E-state index in [-0.39, 0.29) is 11.0 Å². The summed E-state index contributed by atoms with van der Waals surface area (Å²) in [4.78, 5) is 0. The van der Waals surface area contributed by atoms with Crippen molar-refractivity contribution < 1.29 is 9.53 Å². The molecule has 134 valence electrons. The molecule has 0 bridgehead atoms. The van der Waals surface area contributed by atoms with Gasteiger partial charge in [-0.3, -0.25) is 0 Å². The number of benzene rings is 2. The van der Waals surface area contributed by atoms with E-state index >= 15 is 0 Å². The van der Waals surface area contributed by atoms with Gasteiger partial charge in [0.1, 0.15) is 0 Å². The van der Waals surface area contributed by atoms with Gasteiger partial charge in [0, 0.05) is 5.92 Å². The Morgan fingerprint density at radius 1 is 1.00 bits per heavy atom. The molecule has 2 aromatic carbocycles. The molecule has 3 heteroatoms. The van der Waals surface area contributed by atoms with Gasteiger partial charge in [0.05, 0.1) is 12.7 Å². The molecule has 2 atom stereocenters. The first-order valence-corrected chi connectivity index (χ1v) is 10.8. The minimum atomic E-state index is -2.57. The van der Waals surface area contributed by atoms with Crippen LogP contribution in [0.4, 0.5) is 0 Å². The van der Waals surface area contributed by atoms with Crippen LogP contribution in [-0.2, 0) is 4.43 Å². The molecule has 0 aliphatic rings. The molecule has 0 fully saturated rings. The Morgan fingerprint density at radius 3 is 1.80 bits per heavy atom. The molecule has 0 saturated heterocycles. The van der Waals surface area contributed by atoms with Gasteiger partial charge in [-0.05, 0) is 15.4 Å². The number of aliphatic hydroxyl groups is 1. The Bertz CT molecular complexity index is 622. The molecule has 0 aliphatic carbocycles. The van der Waals surface area contributed by atoms with Crippen LogP contribution in [0.5, 0.6) is 0 Å². The van der Waals surface area contributed by atoms with Crippen LogP contribution in [-0.4, -0.2) is 26.1 Å². The lowest BCUT2D eigenvalue weighted by Gasteiger charge is -2.43. The maximum atomic E-state index is 10.5. The summed E-state index contributed by atoms with van der Waals surface area (Å²) in [5, 5.41) is 12.8. The minimum Gasteiger partial charge on any atom is -0.405 e. The third-order valence-corrected chi connectivity index (χ3v) is 9.87. The fourth-order valence-electron chi connectivity index (χ4n) is 3.28. The quantitative estimate of drug-likeness (QED) is 0.606. The molecule has 0 amide bonds. The van der Waals surface area contributed by atoms with Crippen molar-refractivity contribution >= 4 is 18.7 Å². The van der Waals surface area contributed by atoms with Crippen molar-refractivity contribution in [3.8, 4) is 0 Å². The highest BCUT2D eigenvalue weighted by Gasteiger charge is 2.50. The van der Waals surface area contributed by atoms with E-state index in [9.17, 15) is 5.11 Å². The molecule has 0 aromatic heterocycles. The zero-order valence-electron chi connectivity index (χ0n) is 15.8. The molecule has 0 aliphatic heterocycles. The predicted octanol–water partition coefficient (Wildman–Crippen LogP) is 3.75. The average Bonchev–Trinajstić information content (AvgIpc) is 2.62. The largest absolute Gasteiger partial charge is 0.405 e. The van der Waals surface area contributed by atoms with Gasteiger partial charge in [0.25, 0.3) is 8.32 Å². The standard InChI is InChI=1S/C22H30O2Si/c1-6-18(2)21(23)17-24-25(22(3,4)5,19-13-9-7-10-14-19)20-15-11-8-12-16-20/h6-16,18,21,23H,1,17H2,2-5H3/t18-,21-/m0/s1. The van der Waals surface area contributed by atoms with E-state index in [0.717, 1.165) is 0 Å². The summed E-state index contributed by atoms with van der Waals surface area (Å²) in [6.07, 6.45) is 1.22. The van der Waals surface area contributed by atoms with Crippen molar-refractivity contribution in [1.29, 1.82) is 0 Å². The Labute approximate surface area is 153 Å². The normalized spacial score (nSPS) is 14.8. The second-order valence-electron chi connectivity index (χ2n) is 7.64. The molecule has 0 unspecified atom stereocenters. The molecule has 2 rings (SSSR count). The SMILES string of the molecule is C=C[C@H](C)[C@@H](O)CO[Si](c1ccccc1)(c1ccccc1)C(C)(C)C. The van der Waals surface area contributed by atoms with Crippen molar-refractivity contribution in [3.63, 3.8) is 0 Å². The molecule has 25 heavy (non-hydrogen) atoms. The van der Waals surface area contributed by atoms with Crippen LogP contribution in [0.25, 0.3) is 0 Å². The average molecular weight is 355 g/mol.